The first-order chi connectivity index (χ1) is 11.4. The summed E-state index contributed by atoms with van der Waals surface area (Å²) < 4.78 is 57.6. The van der Waals surface area contributed by atoms with Gasteiger partial charge in [0.15, 0.2) is 5.65 Å². The van der Waals surface area contributed by atoms with E-state index in [1.54, 1.807) is 17.7 Å². The Labute approximate surface area is 133 Å². The second kappa shape index (κ2) is 6.06. The number of pyridine rings is 2. The monoisotopic (exact) mass is 340 g/mol. The Kier molecular flexibility index (Phi) is 4.08. The van der Waals surface area contributed by atoms with E-state index in [-0.39, 0.29) is 12.1 Å². The lowest BCUT2D eigenvalue weighted by Crippen LogP contribution is -2.05. The second-order valence-electron chi connectivity index (χ2n) is 4.97. The Morgan fingerprint density at radius 2 is 2.04 bits per heavy atom. The molecule has 0 saturated carbocycles. The molecule has 24 heavy (non-hydrogen) atoms. The summed E-state index contributed by atoms with van der Waals surface area (Å²) in [5, 5.41) is 0. The van der Waals surface area contributed by atoms with Crippen LogP contribution in [0.25, 0.3) is 22.6 Å². The number of imidazole rings is 1. The number of aromatic nitrogens is 4. The van der Waals surface area contributed by atoms with Crippen molar-refractivity contribution < 1.29 is 22.3 Å². The topological polar surface area (TPSA) is 52.8 Å². The van der Waals surface area contributed by atoms with Gasteiger partial charge in [0.1, 0.15) is 30.4 Å². The summed E-state index contributed by atoms with van der Waals surface area (Å²) in [5.74, 6) is 0.651. The van der Waals surface area contributed by atoms with E-state index < -0.39 is 18.4 Å². The highest BCUT2D eigenvalue weighted by molar-refractivity contribution is 5.79. The number of hydrogen-bond acceptors (Lipinski definition) is 4. The molecule has 0 spiro atoms. The largest absolute Gasteiger partial charge is 0.488 e. The van der Waals surface area contributed by atoms with Crippen molar-refractivity contribution in [2.45, 2.75) is 6.18 Å². The molecule has 126 valence electrons. The predicted molar refractivity (Wildman–Crippen MR) is 78.2 cm³/mol. The smallest absolute Gasteiger partial charge is 0.417 e. The number of aryl methyl sites for hydroxylation is 1. The minimum Gasteiger partial charge on any atom is -0.488 e. The van der Waals surface area contributed by atoms with Crippen molar-refractivity contribution in [2.75, 3.05) is 13.3 Å². The Bertz CT molecular complexity index is 876. The highest BCUT2D eigenvalue weighted by Gasteiger charge is 2.31. The van der Waals surface area contributed by atoms with E-state index in [0.717, 1.165) is 12.3 Å². The minimum atomic E-state index is -4.50. The van der Waals surface area contributed by atoms with Gasteiger partial charge < -0.3 is 9.30 Å². The lowest BCUT2D eigenvalue weighted by Gasteiger charge is -2.09. The summed E-state index contributed by atoms with van der Waals surface area (Å²) in [7, 11) is 1.63. The normalized spacial score (nSPS) is 11.9. The van der Waals surface area contributed by atoms with Crippen molar-refractivity contribution in [1.29, 1.82) is 0 Å². The fraction of sp³-hybridized carbons (Fsp3) is 0.267. The van der Waals surface area contributed by atoms with Crippen LogP contribution in [0, 0.1) is 0 Å². The fourth-order valence-corrected chi connectivity index (χ4v) is 2.30. The van der Waals surface area contributed by atoms with Crippen molar-refractivity contribution in [3.8, 4) is 17.1 Å². The van der Waals surface area contributed by atoms with Gasteiger partial charge in [-0.3, -0.25) is 4.98 Å². The average Bonchev–Trinajstić information content (AvgIpc) is 2.89. The molecule has 0 amide bonds. The number of nitrogens with zero attached hydrogens (tertiary/aromatic N) is 4. The van der Waals surface area contributed by atoms with Crippen molar-refractivity contribution >= 4 is 11.2 Å². The Hall–Kier alpha value is -2.71. The van der Waals surface area contributed by atoms with Crippen molar-refractivity contribution in [3.63, 3.8) is 0 Å². The molecule has 5 nitrogen and oxygen atoms in total. The van der Waals surface area contributed by atoms with Crippen molar-refractivity contribution in [3.05, 3.63) is 36.3 Å². The predicted octanol–water partition coefficient (Wildman–Crippen LogP) is 3.40. The fourth-order valence-electron chi connectivity index (χ4n) is 2.30. The molecule has 0 aliphatic rings. The van der Waals surface area contributed by atoms with Gasteiger partial charge in [0.25, 0.3) is 0 Å². The molecule has 3 aromatic rings. The quantitative estimate of drug-likeness (QED) is 0.683. The molecule has 3 heterocycles. The second-order valence-corrected chi connectivity index (χ2v) is 4.97. The molecule has 0 N–H and O–H groups in total. The summed E-state index contributed by atoms with van der Waals surface area (Å²) in [4.78, 5) is 12.0. The van der Waals surface area contributed by atoms with Crippen LogP contribution < -0.4 is 4.74 Å². The minimum absolute atomic E-state index is 0.107. The van der Waals surface area contributed by atoms with Crippen LogP contribution in [0.15, 0.2) is 30.7 Å². The third-order valence-electron chi connectivity index (χ3n) is 3.40. The molecule has 0 aliphatic carbocycles. The molecular weight excluding hydrogens is 328 g/mol. The number of rotatable bonds is 4. The maximum Gasteiger partial charge on any atom is 0.417 e. The molecular formula is C15H12F4N4O. The maximum atomic E-state index is 12.8. The SMILES string of the molecule is Cn1c(-c2ccncc2OCCF)nc2cc(C(F)(F)F)cnc21. The third kappa shape index (κ3) is 2.89. The first-order valence-corrected chi connectivity index (χ1v) is 6.94. The summed E-state index contributed by atoms with van der Waals surface area (Å²) in [5.41, 5.74) is 0.0256. The molecule has 0 radical (unpaired) electrons. The first-order valence-electron chi connectivity index (χ1n) is 6.94. The lowest BCUT2D eigenvalue weighted by molar-refractivity contribution is -0.137. The number of fused-ring (bicyclic) bond motifs is 1. The van der Waals surface area contributed by atoms with Crippen molar-refractivity contribution in [1.82, 2.24) is 19.5 Å². The first kappa shape index (κ1) is 16.2. The van der Waals surface area contributed by atoms with Gasteiger partial charge >= 0.3 is 6.18 Å². The summed E-state index contributed by atoms with van der Waals surface area (Å²) in [6, 6.07) is 2.54. The molecule has 0 atom stereocenters. The van der Waals surface area contributed by atoms with Gasteiger partial charge in [-0.2, -0.15) is 13.2 Å². The van der Waals surface area contributed by atoms with Gasteiger partial charge in [-0.25, -0.2) is 14.4 Å². The summed E-state index contributed by atoms with van der Waals surface area (Å²) >= 11 is 0. The van der Waals surface area contributed by atoms with Gasteiger partial charge in [-0.1, -0.05) is 0 Å². The maximum absolute atomic E-state index is 12.8. The average molecular weight is 340 g/mol. The summed E-state index contributed by atoms with van der Waals surface area (Å²) in [6.45, 7) is -0.827. The van der Waals surface area contributed by atoms with Crippen LogP contribution in [-0.4, -0.2) is 32.8 Å². The van der Waals surface area contributed by atoms with E-state index in [1.165, 1.54) is 12.4 Å². The Balaban J connectivity index is 2.12. The van der Waals surface area contributed by atoms with E-state index >= 15 is 0 Å². The van der Waals surface area contributed by atoms with Gasteiger partial charge in [0.2, 0.25) is 0 Å². The van der Waals surface area contributed by atoms with E-state index in [9.17, 15) is 17.6 Å². The highest BCUT2D eigenvalue weighted by Crippen LogP contribution is 2.33. The highest BCUT2D eigenvalue weighted by atomic mass is 19.4. The zero-order valence-corrected chi connectivity index (χ0v) is 12.5. The van der Waals surface area contributed by atoms with Crippen LogP contribution in [0.5, 0.6) is 5.75 Å². The third-order valence-corrected chi connectivity index (χ3v) is 3.40. The molecule has 0 bridgehead atoms. The molecule has 9 heteroatoms. The van der Waals surface area contributed by atoms with E-state index in [0.29, 0.717) is 22.8 Å². The molecule has 0 aliphatic heterocycles. The molecule has 0 fully saturated rings. The zero-order chi connectivity index (χ0) is 17.3. The van der Waals surface area contributed by atoms with E-state index in [1.807, 2.05) is 0 Å². The van der Waals surface area contributed by atoms with Crippen LogP contribution in [0.3, 0.4) is 0 Å². The molecule has 3 rings (SSSR count). The van der Waals surface area contributed by atoms with Crippen molar-refractivity contribution in [2.24, 2.45) is 7.05 Å². The van der Waals surface area contributed by atoms with E-state index in [2.05, 4.69) is 15.0 Å². The standard InChI is InChI=1S/C15H12F4N4O/c1-23-13(10-2-4-20-8-12(10)24-5-3-16)22-11-6-9(15(17,18)19)7-21-14(11)23/h2,4,6-8H,3,5H2,1H3. The number of halogens is 4. The molecule has 0 unspecified atom stereocenters. The number of ether oxygens (including phenoxy) is 1. The van der Waals surface area contributed by atoms with Gasteiger partial charge in [-0.15, -0.1) is 0 Å². The van der Waals surface area contributed by atoms with E-state index in [4.69, 9.17) is 4.74 Å². The van der Waals surface area contributed by atoms with Crippen LogP contribution >= 0.6 is 0 Å². The molecule has 0 aromatic carbocycles. The number of alkyl halides is 4. The van der Waals surface area contributed by atoms with Gasteiger partial charge in [-0.05, 0) is 12.1 Å². The molecule has 3 aromatic heterocycles. The lowest BCUT2D eigenvalue weighted by atomic mass is 10.2. The van der Waals surface area contributed by atoms with Crippen LogP contribution in [0.4, 0.5) is 17.6 Å². The Morgan fingerprint density at radius 1 is 1.25 bits per heavy atom. The van der Waals surface area contributed by atoms with Crippen LogP contribution in [0.2, 0.25) is 0 Å². The van der Waals surface area contributed by atoms with Crippen LogP contribution in [-0.2, 0) is 13.2 Å². The zero-order valence-electron chi connectivity index (χ0n) is 12.5. The Morgan fingerprint density at radius 3 is 2.75 bits per heavy atom. The molecule has 0 saturated heterocycles. The number of hydrogen-bond donors (Lipinski definition) is 0. The van der Waals surface area contributed by atoms with Gasteiger partial charge in [0, 0.05) is 19.4 Å². The summed E-state index contributed by atoms with van der Waals surface area (Å²) in [6.07, 6.45) is -0.837. The van der Waals surface area contributed by atoms with Crippen LogP contribution in [0.1, 0.15) is 5.56 Å². The van der Waals surface area contributed by atoms with Gasteiger partial charge in [0.05, 0.1) is 17.3 Å².